The Morgan fingerprint density at radius 3 is 2.75 bits per heavy atom. The summed E-state index contributed by atoms with van der Waals surface area (Å²) >= 11 is 0. The molecule has 1 N–H and O–H groups in total. The van der Waals surface area contributed by atoms with Crippen LogP contribution in [0, 0.1) is 11.7 Å². The largest absolute Gasteiger partial charge is 0.389 e. The number of rotatable bonds is 2. The van der Waals surface area contributed by atoms with Gasteiger partial charge in [-0.2, -0.15) is 0 Å². The highest BCUT2D eigenvalue weighted by Crippen LogP contribution is 2.40. The summed E-state index contributed by atoms with van der Waals surface area (Å²) in [6.07, 6.45) is 6.85. The lowest BCUT2D eigenvalue weighted by molar-refractivity contribution is 0.192. The minimum atomic E-state index is -0.754. The lowest BCUT2D eigenvalue weighted by Crippen LogP contribution is -2.47. The monoisotopic (exact) mass is 277 g/mol. The van der Waals surface area contributed by atoms with Gasteiger partial charge in [0.2, 0.25) is 0 Å². The van der Waals surface area contributed by atoms with E-state index in [2.05, 4.69) is 4.90 Å². The fourth-order valence-electron chi connectivity index (χ4n) is 4.11. The first-order valence-electron chi connectivity index (χ1n) is 7.91. The fourth-order valence-corrected chi connectivity index (χ4v) is 4.11. The van der Waals surface area contributed by atoms with Crippen LogP contribution in [0.1, 0.15) is 57.1 Å². The molecule has 2 aliphatic rings. The summed E-state index contributed by atoms with van der Waals surface area (Å²) < 4.78 is 14.1. The molecule has 3 heteroatoms. The van der Waals surface area contributed by atoms with E-state index in [9.17, 15) is 9.50 Å². The quantitative estimate of drug-likeness (QED) is 0.882. The summed E-state index contributed by atoms with van der Waals surface area (Å²) in [5, 5.41) is 9.95. The minimum absolute atomic E-state index is 0.282. The zero-order chi connectivity index (χ0) is 14.1. The molecule has 0 aromatic heterocycles. The van der Waals surface area contributed by atoms with Gasteiger partial charge >= 0.3 is 0 Å². The molecule has 0 spiro atoms. The molecule has 20 heavy (non-hydrogen) atoms. The number of anilines is 1. The van der Waals surface area contributed by atoms with Crippen molar-refractivity contribution in [1.82, 2.24) is 0 Å². The number of aliphatic hydroxyl groups excluding tert-OH is 1. The number of benzene rings is 1. The summed E-state index contributed by atoms with van der Waals surface area (Å²) in [7, 11) is 0. The van der Waals surface area contributed by atoms with Crippen molar-refractivity contribution in [2.45, 2.75) is 57.6 Å². The maximum atomic E-state index is 14.1. The van der Waals surface area contributed by atoms with Crippen LogP contribution in [-0.2, 0) is 0 Å². The summed E-state index contributed by atoms with van der Waals surface area (Å²) in [4.78, 5) is 2.37. The Labute approximate surface area is 120 Å². The first-order chi connectivity index (χ1) is 9.68. The van der Waals surface area contributed by atoms with Crippen LogP contribution in [0.25, 0.3) is 0 Å². The molecule has 1 aliphatic heterocycles. The van der Waals surface area contributed by atoms with E-state index in [1.54, 1.807) is 13.0 Å². The van der Waals surface area contributed by atoms with E-state index in [1.165, 1.54) is 44.6 Å². The second-order valence-electron chi connectivity index (χ2n) is 6.30. The van der Waals surface area contributed by atoms with Gasteiger partial charge < -0.3 is 10.0 Å². The maximum absolute atomic E-state index is 14.1. The van der Waals surface area contributed by atoms with E-state index in [1.807, 2.05) is 6.07 Å². The van der Waals surface area contributed by atoms with Crippen LogP contribution in [0.3, 0.4) is 0 Å². The van der Waals surface area contributed by atoms with Gasteiger partial charge in [-0.1, -0.05) is 18.9 Å². The molecule has 1 aromatic rings. The number of nitrogens with zero attached hydrogens (tertiary/aromatic N) is 1. The van der Waals surface area contributed by atoms with Crippen LogP contribution in [0.4, 0.5) is 10.1 Å². The Morgan fingerprint density at radius 1 is 1.20 bits per heavy atom. The van der Waals surface area contributed by atoms with E-state index >= 15 is 0 Å². The summed E-state index contributed by atoms with van der Waals surface area (Å²) in [5.41, 5.74) is 1.38. The molecular weight excluding hydrogens is 253 g/mol. The van der Waals surface area contributed by atoms with Crippen molar-refractivity contribution in [1.29, 1.82) is 0 Å². The normalized spacial score (nSPS) is 28.1. The maximum Gasteiger partial charge on any atom is 0.131 e. The summed E-state index contributed by atoms with van der Waals surface area (Å²) in [6.45, 7) is 2.65. The van der Waals surface area contributed by atoms with Gasteiger partial charge in [-0.15, -0.1) is 0 Å². The molecule has 0 bridgehead atoms. The van der Waals surface area contributed by atoms with Crippen molar-refractivity contribution in [3.8, 4) is 0 Å². The molecule has 1 saturated carbocycles. The van der Waals surface area contributed by atoms with Crippen LogP contribution >= 0.6 is 0 Å². The third-order valence-electron chi connectivity index (χ3n) is 5.00. The van der Waals surface area contributed by atoms with Crippen LogP contribution < -0.4 is 4.90 Å². The second kappa shape index (κ2) is 5.72. The predicted octanol–water partition coefficient (Wildman–Crippen LogP) is 4.04. The van der Waals surface area contributed by atoms with Crippen molar-refractivity contribution in [2.24, 2.45) is 5.92 Å². The number of halogens is 1. The zero-order valence-electron chi connectivity index (χ0n) is 12.2. The van der Waals surface area contributed by atoms with Gasteiger partial charge in [0.1, 0.15) is 5.82 Å². The molecule has 3 atom stereocenters. The van der Waals surface area contributed by atoms with Crippen molar-refractivity contribution in [3.63, 3.8) is 0 Å². The van der Waals surface area contributed by atoms with Crippen LogP contribution in [0.2, 0.25) is 0 Å². The number of fused-ring (bicyclic) bond motifs is 1. The molecule has 0 radical (unpaired) electrons. The van der Waals surface area contributed by atoms with Crippen molar-refractivity contribution >= 4 is 5.69 Å². The molecule has 1 heterocycles. The molecule has 110 valence electrons. The zero-order valence-corrected chi connectivity index (χ0v) is 12.2. The standard InChI is InChI=1S/C17H24FNO/c1-12(20)17-14(18)8-4-10-16(17)19-11-5-7-13-6-2-3-9-15(13)19/h4,8,10,12-13,15,20H,2-3,5-7,9,11H2,1H3/t12-,13+,15+/m0/s1. The number of hydrogen-bond donors (Lipinski definition) is 1. The molecule has 1 aliphatic carbocycles. The van der Waals surface area contributed by atoms with E-state index in [-0.39, 0.29) is 5.82 Å². The molecule has 3 rings (SSSR count). The van der Waals surface area contributed by atoms with Gasteiger partial charge in [0.05, 0.1) is 6.10 Å². The average Bonchev–Trinajstić information content (AvgIpc) is 2.46. The molecular formula is C17H24FNO. The smallest absolute Gasteiger partial charge is 0.131 e. The highest BCUT2D eigenvalue weighted by molar-refractivity contribution is 5.56. The van der Waals surface area contributed by atoms with Crippen LogP contribution in [-0.4, -0.2) is 17.7 Å². The molecule has 2 fully saturated rings. The Morgan fingerprint density at radius 2 is 1.95 bits per heavy atom. The number of hydrogen-bond acceptors (Lipinski definition) is 2. The van der Waals surface area contributed by atoms with Crippen molar-refractivity contribution in [2.75, 3.05) is 11.4 Å². The Kier molecular flexibility index (Phi) is 3.97. The number of aliphatic hydroxyl groups is 1. The first-order valence-corrected chi connectivity index (χ1v) is 7.91. The van der Waals surface area contributed by atoms with Crippen molar-refractivity contribution < 1.29 is 9.50 Å². The first kappa shape index (κ1) is 13.9. The van der Waals surface area contributed by atoms with Crippen LogP contribution in [0.5, 0.6) is 0 Å². The lowest BCUT2D eigenvalue weighted by Gasteiger charge is -2.46. The minimum Gasteiger partial charge on any atom is -0.389 e. The highest BCUT2D eigenvalue weighted by atomic mass is 19.1. The van der Waals surface area contributed by atoms with Gasteiger partial charge in [-0.05, 0) is 50.7 Å². The Bertz CT molecular complexity index is 472. The van der Waals surface area contributed by atoms with E-state index in [0.29, 0.717) is 11.6 Å². The summed E-state index contributed by atoms with van der Waals surface area (Å²) in [6, 6.07) is 5.73. The molecule has 0 amide bonds. The molecule has 2 nitrogen and oxygen atoms in total. The van der Waals surface area contributed by atoms with E-state index in [4.69, 9.17) is 0 Å². The SMILES string of the molecule is C[C@H](O)c1c(F)cccc1N1CCC[C@H]2CCCC[C@H]21. The molecule has 1 aromatic carbocycles. The third kappa shape index (κ3) is 2.44. The highest BCUT2D eigenvalue weighted by Gasteiger charge is 2.34. The van der Waals surface area contributed by atoms with Gasteiger partial charge in [-0.3, -0.25) is 0 Å². The van der Waals surface area contributed by atoms with Crippen LogP contribution in [0.15, 0.2) is 18.2 Å². The van der Waals surface area contributed by atoms with E-state index in [0.717, 1.165) is 18.2 Å². The molecule has 1 saturated heterocycles. The lowest BCUT2D eigenvalue weighted by atomic mass is 9.78. The van der Waals surface area contributed by atoms with Gasteiger partial charge in [0.15, 0.2) is 0 Å². The topological polar surface area (TPSA) is 23.5 Å². The Hall–Kier alpha value is -1.09. The van der Waals surface area contributed by atoms with Gasteiger partial charge in [0, 0.05) is 23.8 Å². The average molecular weight is 277 g/mol. The fraction of sp³-hybridized carbons (Fsp3) is 0.647. The van der Waals surface area contributed by atoms with E-state index < -0.39 is 6.10 Å². The van der Waals surface area contributed by atoms with Crippen molar-refractivity contribution in [3.05, 3.63) is 29.6 Å². The predicted molar refractivity (Wildman–Crippen MR) is 79.4 cm³/mol. The molecule has 0 unspecified atom stereocenters. The second-order valence-corrected chi connectivity index (χ2v) is 6.30. The summed E-state index contributed by atoms with van der Waals surface area (Å²) in [5.74, 6) is 0.470. The van der Waals surface area contributed by atoms with Gasteiger partial charge in [0.25, 0.3) is 0 Å². The third-order valence-corrected chi connectivity index (χ3v) is 5.00. The number of piperidine rings is 1. The Balaban J connectivity index is 1.97. The van der Waals surface area contributed by atoms with Gasteiger partial charge in [-0.25, -0.2) is 4.39 Å².